The first-order chi connectivity index (χ1) is 15.8. The largest absolute Gasteiger partial charge is 0.354 e. The lowest BCUT2D eigenvalue weighted by Crippen LogP contribution is -2.26. The Balaban J connectivity index is 1.63. The molecule has 8 heteroatoms. The van der Waals surface area contributed by atoms with Gasteiger partial charge in [-0.3, -0.25) is 9.52 Å². The van der Waals surface area contributed by atoms with Crippen molar-refractivity contribution in [3.8, 4) is 0 Å². The van der Waals surface area contributed by atoms with Gasteiger partial charge in [0.05, 0.1) is 17.0 Å². The van der Waals surface area contributed by atoms with Crippen molar-refractivity contribution in [3.05, 3.63) is 90.0 Å². The number of nitrogens with one attached hydrogen (secondary N) is 3. The molecule has 7 nitrogen and oxygen atoms in total. The van der Waals surface area contributed by atoms with Gasteiger partial charge in [-0.05, 0) is 50.0 Å². The molecule has 33 heavy (non-hydrogen) atoms. The molecule has 1 aliphatic rings. The quantitative estimate of drug-likeness (QED) is 0.442. The molecule has 1 heterocycles. The van der Waals surface area contributed by atoms with Gasteiger partial charge in [0.1, 0.15) is 0 Å². The molecule has 3 N–H and O–H groups in total. The molecule has 0 spiro atoms. The van der Waals surface area contributed by atoms with E-state index in [9.17, 15) is 13.2 Å². The van der Waals surface area contributed by atoms with Crippen LogP contribution in [-0.2, 0) is 14.8 Å². The van der Waals surface area contributed by atoms with Crippen molar-refractivity contribution in [2.24, 2.45) is 0 Å². The number of fused-ring (bicyclic) bond motifs is 1. The number of anilines is 3. The maximum Gasteiger partial charge on any atom is 0.258 e. The molecular formula is C25H26N4O3S. The summed E-state index contributed by atoms with van der Waals surface area (Å²) in [5.74, 6) is -0.161. The molecule has 0 unspecified atom stereocenters. The average molecular weight is 463 g/mol. The highest BCUT2D eigenvalue weighted by molar-refractivity contribution is 7.92. The number of rotatable bonds is 8. The van der Waals surface area contributed by atoms with E-state index in [1.807, 2.05) is 73.6 Å². The van der Waals surface area contributed by atoms with Gasteiger partial charge >= 0.3 is 0 Å². The van der Waals surface area contributed by atoms with E-state index in [0.717, 1.165) is 22.5 Å². The molecule has 0 aliphatic carbocycles. The Morgan fingerprint density at radius 1 is 0.879 bits per heavy atom. The maximum absolute atomic E-state index is 12.9. The molecule has 0 bridgehead atoms. The van der Waals surface area contributed by atoms with E-state index in [4.69, 9.17) is 0 Å². The predicted molar refractivity (Wildman–Crippen MR) is 134 cm³/mol. The topological polar surface area (TPSA) is 90.5 Å². The number of amides is 1. The summed E-state index contributed by atoms with van der Waals surface area (Å²) < 4.78 is 27.2. The fourth-order valence-corrected chi connectivity index (χ4v) is 4.75. The molecular weight excluding hydrogens is 436 g/mol. The Morgan fingerprint density at radius 2 is 1.52 bits per heavy atom. The SMILES string of the molecule is CN(C)CCS(=O)(=O)Nc1ccc(NC(=C2C(=O)Nc3ccccc32)c2ccccc2)cc1. The summed E-state index contributed by atoms with van der Waals surface area (Å²) in [5, 5.41) is 6.29. The van der Waals surface area contributed by atoms with Gasteiger partial charge in [-0.1, -0.05) is 48.5 Å². The molecule has 170 valence electrons. The average Bonchev–Trinajstić information content (AvgIpc) is 3.13. The summed E-state index contributed by atoms with van der Waals surface area (Å²) in [6.45, 7) is 0.437. The smallest absolute Gasteiger partial charge is 0.258 e. The van der Waals surface area contributed by atoms with Crippen LogP contribution in [0, 0.1) is 0 Å². The fourth-order valence-electron chi connectivity index (χ4n) is 3.55. The van der Waals surface area contributed by atoms with Gasteiger partial charge < -0.3 is 15.5 Å². The van der Waals surface area contributed by atoms with Crippen LogP contribution in [0.15, 0.2) is 78.9 Å². The third-order valence-corrected chi connectivity index (χ3v) is 6.49. The highest BCUT2D eigenvalue weighted by Gasteiger charge is 2.28. The molecule has 4 rings (SSSR count). The molecule has 0 fully saturated rings. The number of benzene rings is 3. The number of nitrogens with zero attached hydrogens (tertiary/aromatic N) is 1. The normalized spacial score (nSPS) is 14.6. The Labute approximate surface area is 194 Å². The van der Waals surface area contributed by atoms with Crippen molar-refractivity contribution in [2.45, 2.75) is 0 Å². The number of hydrogen-bond acceptors (Lipinski definition) is 5. The summed E-state index contributed by atoms with van der Waals surface area (Å²) in [4.78, 5) is 14.7. The summed E-state index contributed by atoms with van der Waals surface area (Å²) in [7, 11) is 0.226. The maximum atomic E-state index is 12.9. The van der Waals surface area contributed by atoms with Crippen LogP contribution in [0.1, 0.15) is 11.1 Å². The second kappa shape index (κ2) is 9.48. The van der Waals surface area contributed by atoms with Crippen LogP contribution in [0.4, 0.5) is 17.1 Å². The van der Waals surface area contributed by atoms with Gasteiger partial charge in [-0.25, -0.2) is 8.42 Å². The van der Waals surface area contributed by atoms with Gasteiger partial charge in [0.2, 0.25) is 10.0 Å². The minimum atomic E-state index is -3.44. The molecule has 3 aromatic carbocycles. The first-order valence-corrected chi connectivity index (χ1v) is 12.2. The second-order valence-electron chi connectivity index (χ2n) is 8.04. The van der Waals surface area contributed by atoms with Gasteiger partial charge in [-0.2, -0.15) is 0 Å². The molecule has 0 aromatic heterocycles. The van der Waals surface area contributed by atoms with Crippen molar-refractivity contribution in [1.29, 1.82) is 0 Å². The van der Waals surface area contributed by atoms with E-state index >= 15 is 0 Å². The molecule has 1 aliphatic heterocycles. The first kappa shape index (κ1) is 22.6. The van der Waals surface area contributed by atoms with Crippen LogP contribution in [0.2, 0.25) is 0 Å². The zero-order valence-electron chi connectivity index (χ0n) is 18.5. The summed E-state index contributed by atoms with van der Waals surface area (Å²) >= 11 is 0. The van der Waals surface area contributed by atoms with E-state index in [-0.39, 0.29) is 11.7 Å². The Kier molecular flexibility index (Phi) is 6.48. The lowest BCUT2D eigenvalue weighted by atomic mass is 10.00. The number of carbonyl (C=O) groups is 1. The highest BCUT2D eigenvalue weighted by Crippen LogP contribution is 2.37. The third-order valence-electron chi connectivity index (χ3n) is 5.22. The van der Waals surface area contributed by atoms with E-state index < -0.39 is 10.0 Å². The van der Waals surface area contributed by atoms with Crippen molar-refractivity contribution in [2.75, 3.05) is 41.7 Å². The first-order valence-electron chi connectivity index (χ1n) is 10.6. The zero-order chi connectivity index (χ0) is 23.4. The number of hydrogen-bond donors (Lipinski definition) is 3. The molecule has 0 atom stereocenters. The monoisotopic (exact) mass is 462 g/mol. The van der Waals surface area contributed by atoms with Crippen LogP contribution in [0.25, 0.3) is 11.3 Å². The van der Waals surface area contributed by atoms with Crippen LogP contribution < -0.4 is 15.4 Å². The second-order valence-corrected chi connectivity index (χ2v) is 9.88. The van der Waals surface area contributed by atoms with Crippen molar-refractivity contribution < 1.29 is 13.2 Å². The van der Waals surface area contributed by atoms with Crippen molar-refractivity contribution in [1.82, 2.24) is 4.90 Å². The lowest BCUT2D eigenvalue weighted by Gasteiger charge is -2.16. The van der Waals surface area contributed by atoms with Gasteiger partial charge in [0.15, 0.2) is 0 Å². The predicted octanol–water partition coefficient (Wildman–Crippen LogP) is 3.92. The van der Waals surface area contributed by atoms with E-state index in [2.05, 4.69) is 15.4 Å². The number of sulfonamides is 1. The van der Waals surface area contributed by atoms with Crippen LogP contribution in [0.3, 0.4) is 0 Å². The van der Waals surface area contributed by atoms with Gasteiger partial charge in [0.25, 0.3) is 5.91 Å². The summed E-state index contributed by atoms with van der Waals surface area (Å²) in [5.41, 5.74) is 4.93. The lowest BCUT2D eigenvalue weighted by molar-refractivity contribution is -0.110. The fraction of sp³-hybridized carbons (Fsp3) is 0.160. The zero-order valence-corrected chi connectivity index (χ0v) is 19.3. The molecule has 3 aromatic rings. The molecule has 0 saturated heterocycles. The summed E-state index contributed by atoms with van der Waals surface area (Å²) in [6, 6.07) is 24.2. The van der Waals surface area contributed by atoms with E-state index in [0.29, 0.717) is 23.5 Å². The Hall–Kier alpha value is -3.62. The van der Waals surface area contributed by atoms with Gasteiger partial charge in [-0.15, -0.1) is 0 Å². The minimum absolute atomic E-state index is 0.0127. The van der Waals surface area contributed by atoms with Crippen LogP contribution in [0.5, 0.6) is 0 Å². The highest BCUT2D eigenvalue weighted by atomic mass is 32.2. The standard InChI is InChI=1S/C25H26N4O3S/c1-29(2)16-17-33(31,32)28-20-14-12-19(13-15-20)26-24(18-8-4-3-5-9-18)23-21-10-6-7-11-22(21)27-25(23)30/h3-15,26,28H,16-17H2,1-2H3,(H,27,30). The van der Waals surface area contributed by atoms with Crippen molar-refractivity contribution in [3.63, 3.8) is 0 Å². The summed E-state index contributed by atoms with van der Waals surface area (Å²) in [6.07, 6.45) is 0. The molecule has 0 saturated carbocycles. The van der Waals surface area contributed by atoms with E-state index in [1.165, 1.54) is 0 Å². The molecule has 0 radical (unpaired) electrons. The van der Waals surface area contributed by atoms with Crippen LogP contribution >= 0.6 is 0 Å². The van der Waals surface area contributed by atoms with Crippen LogP contribution in [-0.4, -0.2) is 45.6 Å². The van der Waals surface area contributed by atoms with Crippen molar-refractivity contribution >= 4 is 44.3 Å². The Bertz CT molecular complexity index is 1280. The van der Waals surface area contributed by atoms with E-state index in [1.54, 1.807) is 24.3 Å². The Morgan fingerprint density at radius 3 is 2.21 bits per heavy atom. The number of carbonyl (C=O) groups excluding carboxylic acids is 1. The number of para-hydroxylation sites is 1. The van der Waals surface area contributed by atoms with Gasteiger partial charge in [0, 0.05) is 29.2 Å². The molecule has 1 amide bonds. The third kappa shape index (κ3) is 5.42. The minimum Gasteiger partial charge on any atom is -0.354 e.